The highest BCUT2D eigenvalue weighted by Crippen LogP contribution is 2.37. The van der Waals surface area contributed by atoms with Crippen LogP contribution >= 0.6 is 11.3 Å². The smallest absolute Gasteiger partial charge is 0.131 e. The minimum Gasteiger partial charge on any atom is -0.497 e. The van der Waals surface area contributed by atoms with Crippen molar-refractivity contribution in [3.63, 3.8) is 0 Å². The van der Waals surface area contributed by atoms with Gasteiger partial charge in [0.25, 0.3) is 0 Å². The Balaban J connectivity index is 1.68. The SMILES string of the molecule is COc1cc(F)c2c(c1)C(CN)N(CCCc1nc(C)cs1)C2. The van der Waals surface area contributed by atoms with Crippen LogP contribution in [0.25, 0.3) is 0 Å². The van der Waals surface area contributed by atoms with Crippen LogP contribution in [-0.4, -0.2) is 30.1 Å². The number of rotatable bonds is 6. The van der Waals surface area contributed by atoms with Crippen molar-refractivity contribution in [3.8, 4) is 5.75 Å². The number of fused-ring (bicyclic) bond motifs is 1. The third-order valence-corrected chi connectivity index (χ3v) is 5.35. The Hall–Kier alpha value is -1.50. The number of methoxy groups -OCH3 is 1. The van der Waals surface area contributed by atoms with Crippen molar-refractivity contribution in [2.24, 2.45) is 5.73 Å². The van der Waals surface area contributed by atoms with E-state index in [0.29, 0.717) is 18.8 Å². The van der Waals surface area contributed by atoms with E-state index in [1.807, 2.05) is 13.0 Å². The van der Waals surface area contributed by atoms with Crippen LogP contribution in [0.3, 0.4) is 0 Å². The summed E-state index contributed by atoms with van der Waals surface area (Å²) >= 11 is 1.70. The Kier molecular flexibility index (Phi) is 4.94. The molecule has 23 heavy (non-hydrogen) atoms. The second kappa shape index (κ2) is 6.95. The molecule has 0 amide bonds. The van der Waals surface area contributed by atoms with E-state index in [9.17, 15) is 4.39 Å². The highest BCUT2D eigenvalue weighted by molar-refractivity contribution is 7.09. The van der Waals surface area contributed by atoms with Crippen LogP contribution < -0.4 is 10.5 Å². The molecule has 0 bridgehead atoms. The molecular formula is C17H22FN3OS. The lowest BCUT2D eigenvalue weighted by Gasteiger charge is -2.23. The fourth-order valence-corrected chi connectivity index (χ4v) is 4.00. The van der Waals surface area contributed by atoms with Gasteiger partial charge in [0.05, 0.1) is 12.1 Å². The third-order valence-electron chi connectivity index (χ3n) is 4.33. The van der Waals surface area contributed by atoms with Gasteiger partial charge < -0.3 is 10.5 Å². The lowest BCUT2D eigenvalue weighted by atomic mass is 10.0. The average molecular weight is 335 g/mol. The molecular weight excluding hydrogens is 313 g/mol. The predicted octanol–water partition coefficient (Wildman–Crippen LogP) is 3.05. The molecule has 1 aromatic heterocycles. The lowest BCUT2D eigenvalue weighted by molar-refractivity contribution is 0.216. The number of hydrogen-bond acceptors (Lipinski definition) is 5. The quantitative estimate of drug-likeness (QED) is 0.881. The number of hydrogen-bond donors (Lipinski definition) is 1. The average Bonchev–Trinajstić information content (AvgIpc) is 3.10. The summed E-state index contributed by atoms with van der Waals surface area (Å²) in [7, 11) is 1.56. The number of nitrogens with two attached hydrogens (primary N) is 1. The van der Waals surface area contributed by atoms with Crippen LogP contribution in [0.2, 0.25) is 0 Å². The summed E-state index contributed by atoms with van der Waals surface area (Å²) < 4.78 is 19.4. The maximum absolute atomic E-state index is 14.3. The van der Waals surface area contributed by atoms with Crippen molar-refractivity contribution in [3.05, 3.63) is 45.2 Å². The molecule has 0 spiro atoms. The maximum atomic E-state index is 14.3. The first-order valence-corrected chi connectivity index (χ1v) is 8.71. The summed E-state index contributed by atoms with van der Waals surface area (Å²) in [5, 5.41) is 3.24. The fourth-order valence-electron chi connectivity index (χ4n) is 3.19. The van der Waals surface area contributed by atoms with Gasteiger partial charge in [-0.05, 0) is 31.5 Å². The van der Waals surface area contributed by atoms with Gasteiger partial charge in [-0.2, -0.15) is 0 Å². The number of benzene rings is 1. The number of nitrogens with zero attached hydrogens (tertiary/aromatic N) is 2. The van der Waals surface area contributed by atoms with E-state index in [1.54, 1.807) is 18.4 Å². The van der Waals surface area contributed by atoms with E-state index in [0.717, 1.165) is 41.2 Å². The zero-order valence-corrected chi connectivity index (χ0v) is 14.3. The largest absolute Gasteiger partial charge is 0.497 e. The molecule has 4 nitrogen and oxygen atoms in total. The van der Waals surface area contributed by atoms with Gasteiger partial charge in [-0.25, -0.2) is 9.37 Å². The van der Waals surface area contributed by atoms with E-state index >= 15 is 0 Å². The van der Waals surface area contributed by atoms with E-state index in [1.165, 1.54) is 6.07 Å². The number of aryl methyl sites for hydroxylation is 2. The van der Waals surface area contributed by atoms with E-state index in [2.05, 4.69) is 15.3 Å². The van der Waals surface area contributed by atoms with Crippen LogP contribution in [0.4, 0.5) is 4.39 Å². The van der Waals surface area contributed by atoms with Crippen LogP contribution in [0.1, 0.15) is 34.3 Å². The second-order valence-corrected chi connectivity index (χ2v) is 6.83. The predicted molar refractivity (Wildman–Crippen MR) is 90.3 cm³/mol. The van der Waals surface area contributed by atoms with Gasteiger partial charge in [0.2, 0.25) is 0 Å². The van der Waals surface area contributed by atoms with E-state index in [4.69, 9.17) is 10.5 Å². The highest BCUT2D eigenvalue weighted by atomic mass is 32.1. The molecule has 3 rings (SSSR count). The third kappa shape index (κ3) is 3.39. The first-order chi connectivity index (χ1) is 11.1. The van der Waals surface area contributed by atoms with Gasteiger partial charge in [0.1, 0.15) is 11.6 Å². The molecule has 0 radical (unpaired) electrons. The van der Waals surface area contributed by atoms with Crippen molar-refractivity contribution in [2.45, 2.75) is 32.4 Å². The van der Waals surface area contributed by atoms with Crippen molar-refractivity contribution in [2.75, 3.05) is 20.2 Å². The molecule has 1 atom stereocenters. The monoisotopic (exact) mass is 335 g/mol. The Bertz CT molecular complexity index is 688. The van der Waals surface area contributed by atoms with Crippen molar-refractivity contribution >= 4 is 11.3 Å². The number of thiazole rings is 1. The minimum atomic E-state index is -0.198. The number of halogens is 1. The fraction of sp³-hybridized carbons (Fsp3) is 0.471. The summed E-state index contributed by atoms with van der Waals surface area (Å²) in [6, 6.07) is 3.43. The molecule has 1 unspecified atom stereocenters. The van der Waals surface area contributed by atoms with Crippen molar-refractivity contribution in [1.82, 2.24) is 9.88 Å². The molecule has 0 saturated carbocycles. The Labute approximate surface area is 140 Å². The summed E-state index contributed by atoms with van der Waals surface area (Å²) in [5.74, 6) is 0.357. The molecule has 0 fully saturated rings. The second-order valence-electron chi connectivity index (χ2n) is 5.89. The molecule has 0 saturated heterocycles. The van der Waals surface area contributed by atoms with E-state index < -0.39 is 0 Å². The standard InChI is InChI=1S/C17H22FN3OS/c1-11-10-23-17(20-11)4-3-5-21-9-14-13(16(21)8-19)6-12(22-2)7-15(14)18/h6-7,10,16H,3-5,8-9,19H2,1-2H3. The summed E-state index contributed by atoms with van der Waals surface area (Å²) in [6.45, 7) is 3.99. The topological polar surface area (TPSA) is 51.4 Å². The van der Waals surface area contributed by atoms with Crippen LogP contribution in [-0.2, 0) is 13.0 Å². The maximum Gasteiger partial charge on any atom is 0.131 e. The lowest BCUT2D eigenvalue weighted by Crippen LogP contribution is -2.29. The Morgan fingerprint density at radius 3 is 2.96 bits per heavy atom. The zero-order valence-electron chi connectivity index (χ0n) is 13.5. The van der Waals surface area contributed by atoms with Crippen molar-refractivity contribution < 1.29 is 9.13 Å². The molecule has 124 valence electrons. The Morgan fingerprint density at radius 1 is 1.48 bits per heavy atom. The molecule has 2 aromatic rings. The number of aromatic nitrogens is 1. The molecule has 0 aliphatic carbocycles. The molecule has 2 heterocycles. The first kappa shape index (κ1) is 16.4. The van der Waals surface area contributed by atoms with Gasteiger partial charge in [-0.3, -0.25) is 4.90 Å². The van der Waals surface area contributed by atoms with Crippen LogP contribution in [0, 0.1) is 12.7 Å². The van der Waals surface area contributed by atoms with Crippen molar-refractivity contribution in [1.29, 1.82) is 0 Å². The summed E-state index contributed by atoms with van der Waals surface area (Å²) in [6.07, 6.45) is 1.95. The summed E-state index contributed by atoms with van der Waals surface area (Å²) in [5.41, 5.74) is 8.75. The van der Waals surface area contributed by atoms with Gasteiger partial charge in [-0.1, -0.05) is 0 Å². The normalized spacial score (nSPS) is 17.5. The zero-order chi connectivity index (χ0) is 16.4. The molecule has 6 heteroatoms. The molecule has 2 N–H and O–H groups in total. The van der Waals surface area contributed by atoms with Gasteiger partial charge >= 0.3 is 0 Å². The highest BCUT2D eigenvalue weighted by Gasteiger charge is 2.31. The summed E-state index contributed by atoms with van der Waals surface area (Å²) in [4.78, 5) is 6.75. The van der Waals surface area contributed by atoms with E-state index in [-0.39, 0.29) is 11.9 Å². The van der Waals surface area contributed by atoms with Gasteiger partial charge in [0.15, 0.2) is 0 Å². The molecule has 1 aliphatic rings. The van der Waals surface area contributed by atoms with Crippen LogP contribution in [0.5, 0.6) is 5.75 Å². The van der Waals surface area contributed by atoms with Gasteiger partial charge in [-0.15, -0.1) is 11.3 Å². The van der Waals surface area contributed by atoms with Crippen LogP contribution in [0.15, 0.2) is 17.5 Å². The molecule has 1 aliphatic heterocycles. The minimum absolute atomic E-state index is 0.0626. The Morgan fingerprint density at radius 2 is 2.30 bits per heavy atom. The molecule has 1 aromatic carbocycles. The van der Waals surface area contributed by atoms with Gasteiger partial charge in [0, 0.05) is 48.3 Å². The number of ether oxygens (including phenoxy) is 1. The first-order valence-electron chi connectivity index (χ1n) is 7.83.